The van der Waals surface area contributed by atoms with Crippen molar-refractivity contribution in [3.05, 3.63) is 29.8 Å². The molecule has 0 saturated carbocycles. The Bertz CT molecular complexity index is 446. The lowest BCUT2D eigenvalue weighted by Crippen LogP contribution is -2.38. The Hall–Kier alpha value is -1.55. The Kier molecular flexibility index (Phi) is 4.43. The van der Waals surface area contributed by atoms with Gasteiger partial charge in [-0.3, -0.25) is 9.69 Å². The minimum absolute atomic E-state index is 0.203. The number of carboxylic acid groups (broad SMARTS) is 1. The highest BCUT2D eigenvalue weighted by atomic mass is 16.4. The Morgan fingerprint density at radius 1 is 1.47 bits per heavy atom. The predicted octanol–water partition coefficient (Wildman–Crippen LogP) is 2.05. The van der Waals surface area contributed by atoms with Crippen LogP contribution in [0.4, 0.5) is 5.69 Å². The van der Waals surface area contributed by atoms with Gasteiger partial charge < -0.3 is 10.0 Å². The van der Waals surface area contributed by atoms with Crippen LogP contribution in [0.5, 0.6) is 0 Å². The molecule has 19 heavy (non-hydrogen) atoms. The molecule has 1 aromatic carbocycles. The van der Waals surface area contributed by atoms with Crippen LogP contribution in [0, 0.1) is 5.92 Å². The van der Waals surface area contributed by atoms with Crippen molar-refractivity contribution in [3.8, 4) is 0 Å². The van der Waals surface area contributed by atoms with Crippen LogP contribution in [0.15, 0.2) is 24.3 Å². The summed E-state index contributed by atoms with van der Waals surface area (Å²) in [5, 5.41) is 9.11. The normalized spacial score (nSPS) is 20.2. The largest absolute Gasteiger partial charge is 0.481 e. The van der Waals surface area contributed by atoms with Crippen LogP contribution in [0.3, 0.4) is 0 Å². The lowest BCUT2D eigenvalue weighted by molar-refractivity contribution is -0.143. The SMILES string of the molecule is CN(C)c1cccc(CN2CCCC(C(=O)O)C2)c1. The third-order valence-corrected chi connectivity index (χ3v) is 3.69. The van der Waals surface area contributed by atoms with Crippen molar-refractivity contribution in [2.45, 2.75) is 19.4 Å². The molecule has 1 unspecified atom stereocenters. The molecule has 1 heterocycles. The zero-order valence-electron chi connectivity index (χ0n) is 11.7. The molecule has 1 saturated heterocycles. The molecule has 1 fully saturated rings. The Morgan fingerprint density at radius 3 is 2.95 bits per heavy atom. The number of carbonyl (C=O) groups is 1. The lowest BCUT2D eigenvalue weighted by atomic mass is 9.98. The summed E-state index contributed by atoms with van der Waals surface area (Å²) in [6, 6.07) is 8.42. The summed E-state index contributed by atoms with van der Waals surface area (Å²) < 4.78 is 0. The lowest BCUT2D eigenvalue weighted by Gasteiger charge is -2.30. The van der Waals surface area contributed by atoms with E-state index in [1.54, 1.807) is 0 Å². The Morgan fingerprint density at radius 2 is 2.26 bits per heavy atom. The molecule has 0 bridgehead atoms. The number of piperidine rings is 1. The highest BCUT2D eigenvalue weighted by Gasteiger charge is 2.25. The van der Waals surface area contributed by atoms with Crippen molar-refractivity contribution in [2.24, 2.45) is 5.92 Å². The zero-order chi connectivity index (χ0) is 13.8. The molecule has 4 heteroatoms. The molecule has 0 spiro atoms. The number of rotatable bonds is 4. The topological polar surface area (TPSA) is 43.8 Å². The molecule has 0 aromatic heterocycles. The summed E-state index contributed by atoms with van der Waals surface area (Å²) in [4.78, 5) is 15.4. The van der Waals surface area contributed by atoms with E-state index in [-0.39, 0.29) is 5.92 Å². The van der Waals surface area contributed by atoms with Gasteiger partial charge in [-0.15, -0.1) is 0 Å². The van der Waals surface area contributed by atoms with Crippen molar-refractivity contribution in [1.82, 2.24) is 4.90 Å². The number of aliphatic carboxylic acids is 1. The van der Waals surface area contributed by atoms with Gasteiger partial charge >= 0.3 is 5.97 Å². The second kappa shape index (κ2) is 6.06. The van der Waals surface area contributed by atoms with E-state index in [0.717, 1.165) is 25.9 Å². The van der Waals surface area contributed by atoms with Gasteiger partial charge in [0.2, 0.25) is 0 Å². The second-order valence-corrected chi connectivity index (χ2v) is 5.48. The molecular weight excluding hydrogens is 240 g/mol. The molecule has 104 valence electrons. The number of carboxylic acids is 1. The number of hydrogen-bond donors (Lipinski definition) is 1. The average molecular weight is 262 g/mol. The van der Waals surface area contributed by atoms with Gasteiger partial charge in [-0.05, 0) is 37.1 Å². The van der Waals surface area contributed by atoms with Crippen LogP contribution in [0.2, 0.25) is 0 Å². The summed E-state index contributed by atoms with van der Waals surface area (Å²) in [6.45, 7) is 2.50. The minimum atomic E-state index is -0.660. The van der Waals surface area contributed by atoms with Gasteiger partial charge in [0.05, 0.1) is 5.92 Å². The fourth-order valence-electron chi connectivity index (χ4n) is 2.59. The number of anilines is 1. The third kappa shape index (κ3) is 3.70. The van der Waals surface area contributed by atoms with Crippen LogP contribution in [0.1, 0.15) is 18.4 Å². The van der Waals surface area contributed by atoms with E-state index in [9.17, 15) is 4.79 Å². The monoisotopic (exact) mass is 262 g/mol. The van der Waals surface area contributed by atoms with Crippen molar-refractivity contribution < 1.29 is 9.90 Å². The predicted molar refractivity (Wildman–Crippen MR) is 76.4 cm³/mol. The van der Waals surface area contributed by atoms with Crippen LogP contribution >= 0.6 is 0 Å². The first-order chi connectivity index (χ1) is 9.06. The van der Waals surface area contributed by atoms with E-state index in [1.807, 2.05) is 14.1 Å². The summed E-state index contributed by atoms with van der Waals surface area (Å²) in [5.41, 5.74) is 2.43. The molecule has 4 nitrogen and oxygen atoms in total. The number of likely N-dealkylation sites (tertiary alicyclic amines) is 1. The van der Waals surface area contributed by atoms with Gasteiger partial charge in [-0.2, -0.15) is 0 Å². The van der Waals surface area contributed by atoms with E-state index in [1.165, 1.54) is 11.3 Å². The van der Waals surface area contributed by atoms with Gasteiger partial charge in [0.15, 0.2) is 0 Å². The van der Waals surface area contributed by atoms with Crippen LogP contribution in [0.25, 0.3) is 0 Å². The van der Waals surface area contributed by atoms with Gasteiger partial charge in [-0.1, -0.05) is 12.1 Å². The summed E-state index contributed by atoms with van der Waals surface area (Å²) in [6.07, 6.45) is 1.79. The third-order valence-electron chi connectivity index (χ3n) is 3.69. The fraction of sp³-hybridized carbons (Fsp3) is 0.533. The second-order valence-electron chi connectivity index (χ2n) is 5.48. The highest BCUT2D eigenvalue weighted by molar-refractivity contribution is 5.70. The van der Waals surface area contributed by atoms with Gasteiger partial charge in [0.25, 0.3) is 0 Å². The average Bonchev–Trinajstić information content (AvgIpc) is 2.39. The number of benzene rings is 1. The van der Waals surface area contributed by atoms with E-state index >= 15 is 0 Å². The van der Waals surface area contributed by atoms with Crippen LogP contribution in [-0.4, -0.2) is 43.2 Å². The van der Waals surface area contributed by atoms with Gasteiger partial charge in [0, 0.05) is 32.9 Å². The minimum Gasteiger partial charge on any atom is -0.481 e. The van der Waals surface area contributed by atoms with Crippen molar-refractivity contribution >= 4 is 11.7 Å². The first-order valence-electron chi connectivity index (χ1n) is 6.77. The van der Waals surface area contributed by atoms with Gasteiger partial charge in [0.1, 0.15) is 0 Å². The summed E-state index contributed by atoms with van der Waals surface area (Å²) in [5.74, 6) is -0.863. The molecule has 1 aliphatic rings. The Balaban J connectivity index is 2.00. The number of nitrogens with zero attached hydrogens (tertiary/aromatic N) is 2. The maximum absolute atomic E-state index is 11.1. The maximum Gasteiger partial charge on any atom is 0.307 e. The standard InChI is InChI=1S/C15H22N2O2/c1-16(2)14-7-3-5-12(9-14)10-17-8-4-6-13(11-17)15(18)19/h3,5,7,9,13H,4,6,8,10-11H2,1-2H3,(H,18,19). The first-order valence-corrected chi connectivity index (χ1v) is 6.77. The molecular formula is C15H22N2O2. The zero-order valence-corrected chi connectivity index (χ0v) is 11.7. The van der Waals surface area contributed by atoms with Crippen molar-refractivity contribution in [2.75, 3.05) is 32.1 Å². The van der Waals surface area contributed by atoms with Gasteiger partial charge in [-0.25, -0.2) is 0 Å². The quantitative estimate of drug-likeness (QED) is 0.902. The van der Waals surface area contributed by atoms with Crippen LogP contribution in [-0.2, 0) is 11.3 Å². The molecule has 1 aliphatic heterocycles. The van der Waals surface area contributed by atoms with E-state index in [0.29, 0.717) is 6.54 Å². The fourth-order valence-corrected chi connectivity index (χ4v) is 2.59. The molecule has 0 amide bonds. The molecule has 1 aromatic rings. The smallest absolute Gasteiger partial charge is 0.307 e. The molecule has 0 aliphatic carbocycles. The summed E-state index contributed by atoms with van der Waals surface area (Å²) >= 11 is 0. The molecule has 0 radical (unpaired) electrons. The van der Waals surface area contributed by atoms with E-state index < -0.39 is 5.97 Å². The number of hydrogen-bond acceptors (Lipinski definition) is 3. The molecule has 2 rings (SSSR count). The summed E-state index contributed by atoms with van der Waals surface area (Å²) in [7, 11) is 4.06. The highest BCUT2D eigenvalue weighted by Crippen LogP contribution is 2.20. The van der Waals surface area contributed by atoms with E-state index in [2.05, 4.69) is 34.1 Å². The molecule has 1 N–H and O–H groups in total. The molecule has 1 atom stereocenters. The Labute approximate surface area is 114 Å². The van der Waals surface area contributed by atoms with E-state index in [4.69, 9.17) is 5.11 Å². The van der Waals surface area contributed by atoms with Crippen LogP contribution < -0.4 is 4.90 Å². The first kappa shape index (κ1) is 13.9. The maximum atomic E-state index is 11.1. The van der Waals surface area contributed by atoms with Crippen molar-refractivity contribution in [3.63, 3.8) is 0 Å². The van der Waals surface area contributed by atoms with Crippen molar-refractivity contribution in [1.29, 1.82) is 0 Å².